The van der Waals surface area contributed by atoms with E-state index in [9.17, 15) is 0 Å². The van der Waals surface area contributed by atoms with E-state index in [0.29, 0.717) is 6.04 Å². The van der Waals surface area contributed by atoms with Gasteiger partial charge in [-0.1, -0.05) is 0 Å². The zero-order valence-electron chi connectivity index (χ0n) is 8.84. The first-order valence-corrected chi connectivity index (χ1v) is 5.72. The topological polar surface area (TPSA) is 24.1 Å². The van der Waals surface area contributed by atoms with Gasteiger partial charge in [0.25, 0.3) is 0 Å². The smallest absolute Gasteiger partial charge is 0.0161 e. The van der Waals surface area contributed by atoms with Gasteiger partial charge in [0.15, 0.2) is 0 Å². The van der Waals surface area contributed by atoms with E-state index in [4.69, 9.17) is 0 Å². The van der Waals surface area contributed by atoms with Gasteiger partial charge >= 0.3 is 0 Å². The van der Waals surface area contributed by atoms with E-state index in [1.165, 1.54) is 25.7 Å². The highest BCUT2D eigenvalue weighted by Crippen LogP contribution is 2.44. The Morgan fingerprint density at radius 1 is 1.15 bits per heavy atom. The summed E-state index contributed by atoms with van der Waals surface area (Å²) >= 11 is 0. The summed E-state index contributed by atoms with van der Waals surface area (Å²) < 4.78 is 0. The fourth-order valence-electron chi connectivity index (χ4n) is 2.04. The third kappa shape index (κ3) is 2.68. The number of hydrogen-bond donors (Lipinski definition) is 2. The average molecular weight is 182 g/mol. The van der Waals surface area contributed by atoms with Gasteiger partial charge < -0.3 is 10.6 Å². The van der Waals surface area contributed by atoms with Crippen molar-refractivity contribution in [2.75, 3.05) is 13.6 Å². The van der Waals surface area contributed by atoms with E-state index >= 15 is 0 Å². The highest BCUT2D eigenvalue weighted by molar-refractivity contribution is 4.96. The van der Waals surface area contributed by atoms with E-state index in [0.717, 1.165) is 24.4 Å². The molecule has 0 heterocycles. The summed E-state index contributed by atoms with van der Waals surface area (Å²) in [5.74, 6) is 2.05. The SMILES string of the molecule is CNC(C)CNC(C1CC1)C1CC1. The highest BCUT2D eigenvalue weighted by Gasteiger charge is 2.40. The molecule has 1 unspecified atom stereocenters. The van der Waals surface area contributed by atoms with Crippen molar-refractivity contribution in [3.63, 3.8) is 0 Å². The lowest BCUT2D eigenvalue weighted by molar-refractivity contribution is 0.394. The maximum Gasteiger partial charge on any atom is 0.0161 e. The van der Waals surface area contributed by atoms with Gasteiger partial charge in [0.1, 0.15) is 0 Å². The van der Waals surface area contributed by atoms with Crippen molar-refractivity contribution < 1.29 is 0 Å². The molecule has 2 fully saturated rings. The zero-order valence-corrected chi connectivity index (χ0v) is 8.84. The molecule has 2 rings (SSSR count). The van der Waals surface area contributed by atoms with Crippen LogP contribution in [0.3, 0.4) is 0 Å². The molecular formula is C11H22N2. The van der Waals surface area contributed by atoms with Crippen LogP contribution < -0.4 is 10.6 Å². The summed E-state index contributed by atoms with van der Waals surface area (Å²) in [5, 5.41) is 7.01. The maximum atomic E-state index is 3.73. The van der Waals surface area contributed by atoms with Crippen molar-refractivity contribution in [2.24, 2.45) is 11.8 Å². The third-order valence-corrected chi connectivity index (χ3v) is 3.41. The Labute approximate surface area is 81.5 Å². The van der Waals surface area contributed by atoms with Crippen molar-refractivity contribution in [3.8, 4) is 0 Å². The summed E-state index contributed by atoms with van der Waals surface area (Å²) in [6.45, 7) is 3.37. The third-order valence-electron chi connectivity index (χ3n) is 3.41. The lowest BCUT2D eigenvalue weighted by Gasteiger charge is -2.20. The van der Waals surface area contributed by atoms with Crippen LogP contribution in [0.5, 0.6) is 0 Å². The number of nitrogens with one attached hydrogen (secondary N) is 2. The van der Waals surface area contributed by atoms with Crippen LogP contribution in [0, 0.1) is 11.8 Å². The van der Waals surface area contributed by atoms with Gasteiger partial charge in [-0.3, -0.25) is 0 Å². The van der Waals surface area contributed by atoms with Gasteiger partial charge in [-0.05, 0) is 51.5 Å². The summed E-state index contributed by atoms with van der Waals surface area (Å²) in [6.07, 6.45) is 5.90. The van der Waals surface area contributed by atoms with E-state index in [1.807, 2.05) is 7.05 Å². The van der Waals surface area contributed by atoms with Crippen LogP contribution >= 0.6 is 0 Å². The summed E-state index contributed by atoms with van der Waals surface area (Å²) in [7, 11) is 2.04. The molecule has 2 aliphatic rings. The Balaban J connectivity index is 1.70. The Morgan fingerprint density at radius 2 is 1.69 bits per heavy atom. The van der Waals surface area contributed by atoms with E-state index < -0.39 is 0 Å². The Morgan fingerprint density at radius 3 is 2.08 bits per heavy atom. The van der Waals surface area contributed by atoms with Crippen LogP contribution in [0.4, 0.5) is 0 Å². The predicted molar refractivity (Wildman–Crippen MR) is 55.8 cm³/mol. The standard InChI is InChI=1S/C11H22N2/c1-8(12-2)7-13-11(9-3-4-9)10-5-6-10/h8-13H,3-7H2,1-2H3. The minimum Gasteiger partial charge on any atom is -0.316 e. The predicted octanol–water partition coefficient (Wildman–Crippen LogP) is 1.37. The molecule has 2 heteroatoms. The molecule has 0 radical (unpaired) electrons. The Bertz CT molecular complexity index is 149. The molecule has 76 valence electrons. The van der Waals surface area contributed by atoms with Crippen LogP contribution in [0.1, 0.15) is 32.6 Å². The highest BCUT2D eigenvalue weighted by atomic mass is 15.0. The second-order valence-corrected chi connectivity index (χ2v) is 4.80. The van der Waals surface area contributed by atoms with Gasteiger partial charge in [0.2, 0.25) is 0 Å². The van der Waals surface area contributed by atoms with E-state index in [2.05, 4.69) is 17.6 Å². The first-order valence-electron chi connectivity index (χ1n) is 5.72. The number of hydrogen-bond acceptors (Lipinski definition) is 2. The fraction of sp³-hybridized carbons (Fsp3) is 1.00. The molecule has 0 bridgehead atoms. The minimum atomic E-state index is 0.611. The zero-order chi connectivity index (χ0) is 9.26. The van der Waals surface area contributed by atoms with Crippen LogP contribution in [0.2, 0.25) is 0 Å². The van der Waals surface area contributed by atoms with Gasteiger partial charge in [0.05, 0.1) is 0 Å². The second-order valence-electron chi connectivity index (χ2n) is 4.80. The summed E-state index contributed by atoms with van der Waals surface area (Å²) in [5.41, 5.74) is 0. The van der Waals surface area contributed by atoms with Gasteiger partial charge in [-0.2, -0.15) is 0 Å². The number of rotatable bonds is 6. The van der Waals surface area contributed by atoms with Crippen molar-refractivity contribution >= 4 is 0 Å². The van der Waals surface area contributed by atoms with Crippen molar-refractivity contribution in [1.29, 1.82) is 0 Å². The normalized spacial score (nSPS) is 25.2. The molecule has 2 N–H and O–H groups in total. The second kappa shape index (κ2) is 3.97. The monoisotopic (exact) mass is 182 g/mol. The van der Waals surface area contributed by atoms with Crippen molar-refractivity contribution in [1.82, 2.24) is 10.6 Å². The van der Waals surface area contributed by atoms with Gasteiger partial charge in [-0.15, -0.1) is 0 Å². The Kier molecular flexibility index (Phi) is 2.89. The minimum absolute atomic E-state index is 0.611. The van der Waals surface area contributed by atoms with Crippen molar-refractivity contribution in [2.45, 2.75) is 44.7 Å². The molecule has 2 aliphatic carbocycles. The quantitative estimate of drug-likeness (QED) is 0.648. The lowest BCUT2D eigenvalue weighted by atomic mass is 10.1. The lowest BCUT2D eigenvalue weighted by Crippen LogP contribution is -2.41. The van der Waals surface area contributed by atoms with Crippen molar-refractivity contribution in [3.05, 3.63) is 0 Å². The molecule has 0 saturated heterocycles. The average Bonchev–Trinajstić information content (AvgIpc) is 2.98. The van der Waals surface area contributed by atoms with Crippen LogP contribution in [0.15, 0.2) is 0 Å². The molecule has 0 aromatic heterocycles. The molecule has 0 aromatic carbocycles. The van der Waals surface area contributed by atoms with E-state index in [-0.39, 0.29) is 0 Å². The van der Waals surface area contributed by atoms with Crippen LogP contribution in [-0.4, -0.2) is 25.7 Å². The molecule has 0 amide bonds. The first-order chi connectivity index (χ1) is 6.31. The molecule has 2 nitrogen and oxygen atoms in total. The van der Waals surface area contributed by atoms with Gasteiger partial charge in [-0.25, -0.2) is 0 Å². The Hall–Kier alpha value is -0.0800. The molecule has 1 atom stereocenters. The summed E-state index contributed by atoms with van der Waals surface area (Å²) in [4.78, 5) is 0. The van der Waals surface area contributed by atoms with Crippen LogP contribution in [-0.2, 0) is 0 Å². The molecular weight excluding hydrogens is 160 g/mol. The summed E-state index contributed by atoms with van der Waals surface area (Å²) in [6, 6.07) is 1.47. The molecule has 0 spiro atoms. The van der Waals surface area contributed by atoms with Gasteiger partial charge in [0, 0.05) is 18.6 Å². The number of likely N-dealkylation sites (N-methyl/N-ethyl adjacent to an activating group) is 1. The van der Waals surface area contributed by atoms with E-state index in [1.54, 1.807) is 0 Å². The van der Waals surface area contributed by atoms with Crippen LogP contribution in [0.25, 0.3) is 0 Å². The molecule has 13 heavy (non-hydrogen) atoms. The largest absolute Gasteiger partial charge is 0.316 e. The molecule has 0 aromatic rings. The maximum absolute atomic E-state index is 3.73. The fourth-order valence-corrected chi connectivity index (χ4v) is 2.04. The molecule has 2 saturated carbocycles. The molecule has 0 aliphatic heterocycles. The first kappa shape index (κ1) is 9.47.